The van der Waals surface area contributed by atoms with Gasteiger partial charge in [-0.3, -0.25) is 9.97 Å². The molecule has 4 heteroatoms. The fraction of sp³-hybridized carbons (Fsp3) is 0.318. The number of aromatic nitrogens is 2. The highest BCUT2D eigenvalue weighted by Crippen LogP contribution is 2.25. The monoisotopic (exact) mass is 342 g/mol. The van der Waals surface area contributed by atoms with Crippen molar-refractivity contribution in [1.29, 1.82) is 5.26 Å². The van der Waals surface area contributed by atoms with Crippen LogP contribution in [0, 0.1) is 11.3 Å². The van der Waals surface area contributed by atoms with Crippen LogP contribution in [0.1, 0.15) is 31.0 Å². The lowest BCUT2D eigenvalue weighted by molar-refractivity contribution is 0.271. The predicted molar refractivity (Wildman–Crippen MR) is 104 cm³/mol. The molecule has 1 saturated heterocycles. The Hall–Kier alpha value is -2.77. The van der Waals surface area contributed by atoms with Crippen LogP contribution >= 0.6 is 0 Å². The molecule has 1 fully saturated rings. The van der Waals surface area contributed by atoms with Gasteiger partial charge in [0, 0.05) is 54.2 Å². The molecule has 0 bridgehead atoms. The summed E-state index contributed by atoms with van der Waals surface area (Å²) in [4.78, 5) is 11.4. The maximum Gasteiger partial charge on any atom is 0.101 e. The van der Waals surface area contributed by atoms with Crippen molar-refractivity contribution in [3.63, 3.8) is 0 Å². The Morgan fingerprint density at radius 1 is 1.12 bits per heavy atom. The van der Waals surface area contributed by atoms with Gasteiger partial charge in [-0.25, -0.2) is 0 Å². The summed E-state index contributed by atoms with van der Waals surface area (Å²) < 4.78 is 0. The minimum Gasteiger partial charge on any atom is -0.300 e. The Morgan fingerprint density at radius 2 is 2.04 bits per heavy atom. The van der Waals surface area contributed by atoms with Crippen molar-refractivity contribution < 1.29 is 0 Å². The van der Waals surface area contributed by atoms with E-state index < -0.39 is 0 Å². The van der Waals surface area contributed by atoms with Gasteiger partial charge in [-0.2, -0.15) is 5.26 Å². The lowest BCUT2D eigenvalue weighted by Crippen LogP contribution is -2.29. The number of hydrogen-bond donors (Lipinski definition) is 0. The zero-order valence-corrected chi connectivity index (χ0v) is 15.0. The summed E-state index contributed by atoms with van der Waals surface area (Å²) in [6, 6.07) is 13.3. The zero-order valence-electron chi connectivity index (χ0n) is 15.0. The Labute approximate surface area is 154 Å². The summed E-state index contributed by atoms with van der Waals surface area (Å²) in [5.41, 5.74) is 3.74. The Kier molecular flexibility index (Phi) is 4.64. The van der Waals surface area contributed by atoms with Crippen LogP contribution in [0.25, 0.3) is 21.9 Å². The summed E-state index contributed by atoms with van der Waals surface area (Å²) >= 11 is 0. The highest BCUT2D eigenvalue weighted by molar-refractivity contribution is 5.87. The molecule has 0 saturated carbocycles. The fourth-order valence-electron chi connectivity index (χ4n) is 3.75. The van der Waals surface area contributed by atoms with Gasteiger partial charge in [-0.05, 0) is 55.5 Å². The van der Waals surface area contributed by atoms with Crippen molar-refractivity contribution in [2.75, 3.05) is 13.1 Å². The summed E-state index contributed by atoms with van der Waals surface area (Å²) in [7, 11) is 0. The lowest BCUT2D eigenvalue weighted by Gasteiger charge is -2.20. The summed E-state index contributed by atoms with van der Waals surface area (Å²) in [6.45, 7) is 4.62. The van der Waals surface area contributed by atoms with E-state index in [-0.39, 0.29) is 0 Å². The van der Waals surface area contributed by atoms with Gasteiger partial charge >= 0.3 is 0 Å². The predicted octanol–water partition coefficient (Wildman–Crippen LogP) is 4.20. The molecule has 0 amide bonds. The van der Waals surface area contributed by atoms with E-state index in [1.807, 2.05) is 12.3 Å². The van der Waals surface area contributed by atoms with Gasteiger partial charge in [-0.15, -0.1) is 0 Å². The van der Waals surface area contributed by atoms with Crippen LogP contribution in [0.5, 0.6) is 0 Å². The molecule has 0 radical (unpaired) electrons. The van der Waals surface area contributed by atoms with Crippen LogP contribution in [0.15, 0.2) is 48.9 Å². The van der Waals surface area contributed by atoms with Gasteiger partial charge in [0.25, 0.3) is 0 Å². The van der Waals surface area contributed by atoms with E-state index in [0.717, 1.165) is 35.2 Å². The molecule has 1 aliphatic rings. The molecule has 0 aliphatic carbocycles. The number of nitriles is 1. The van der Waals surface area contributed by atoms with E-state index in [1.54, 1.807) is 12.4 Å². The molecule has 26 heavy (non-hydrogen) atoms. The van der Waals surface area contributed by atoms with Gasteiger partial charge in [-0.1, -0.05) is 12.1 Å². The van der Waals surface area contributed by atoms with E-state index in [1.165, 1.54) is 24.8 Å². The number of nitrogens with zero attached hydrogens (tertiary/aromatic N) is 4. The van der Waals surface area contributed by atoms with E-state index >= 15 is 0 Å². The van der Waals surface area contributed by atoms with Crippen molar-refractivity contribution in [3.8, 4) is 17.2 Å². The largest absolute Gasteiger partial charge is 0.300 e. The van der Waals surface area contributed by atoms with Gasteiger partial charge in [0.05, 0.1) is 5.56 Å². The Morgan fingerprint density at radius 3 is 2.85 bits per heavy atom. The third-order valence-electron chi connectivity index (χ3n) is 5.32. The van der Waals surface area contributed by atoms with Crippen LogP contribution in [-0.2, 0) is 6.42 Å². The van der Waals surface area contributed by atoms with E-state index in [4.69, 9.17) is 5.26 Å². The molecule has 0 spiro atoms. The number of hydrogen-bond acceptors (Lipinski definition) is 4. The van der Waals surface area contributed by atoms with Crippen LogP contribution in [0.4, 0.5) is 0 Å². The first-order chi connectivity index (χ1) is 12.7. The minimum absolute atomic E-state index is 0.576. The van der Waals surface area contributed by atoms with Crippen LogP contribution in [-0.4, -0.2) is 34.0 Å². The quantitative estimate of drug-likeness (QED) is 0.713. The van der Waals surface area contributed by atoms with E-state index in [2.05, 4.69) is 52.1 Å². The second-order valence-corrected chi connectivity index (χ2v) is 7.09. The van der Waals surface area contributed by atoms with Crippen molar-refractivity contribution in [3.05, 3.63) is 60.2 Å². The molecule has 1 aromatic carbocycles. The molecule has 0 unspecified atom stereocenters. The van der Waals surface area contributed by atoms with Gasteiger partial charge in [0.1, 0.15) is 6.07 Å². The molecule has 4 rings (SSSR count). The number of likely N-dealkylation sites (tertiary alicyclic amines) is 1. The van der Waals surface area contributed by atoms with Crippen molar-refractivity contribution in [2.45, 2.75) is 32.2 Å². The Bertz CT molecular complexity index is 973. The summed E-state index contributed by atoms with van der Waals surface area (Å²) in [5, 5.41) is 11.4. The molecular weight excluding hydrogens is 320 g/mol. The number of pyridine rings is 2. The summed E-state index contributed by atoms with van der Waals surface area (Å²) in [5.74, 6) is 0. The smallest absolute Gasteiger partial charge is 0.101 e. The van der Waals surface area contributed by atoms with Crippen molar-refractivity contribution >= 4 is 10.8 Å². The fourth-order valence-corrected chi connectivity index (χ4v) is 3.75. The SMILES string of the molecule is C[C@@H]1CCCN1CCc1cc2ccc(-c3cncc(C#N)c3)cc2cn1. The maximum absolute atomic E-state index is 9.05. The normalized spacial score (nSPS) is 17.5. The van der Waals surface area contributed by atoms with E-state index in [0.29, 0.717) is 11.6 Å². The number of rotatable bonds is 4. The first-order valence-corrected chi connectivity index (χ1v) is 9.21. The molecule has 0 N–H and O–H groups in total. The molecule has 3 heterocycles. The zero-order chi connectivity index (χ0) is 17.9. The highest BCUT2D eigenvalue weighted by atomic mass is 15.2. The minimum atomic E-state index is 0.576. The standard InChI is InChI=1S/C22H22N4/c1-16-3-2-7-26(16)8-6-22-11-19-5-4-18(10-21(19)15-25-22)20-9-17(12-23)13-24-14-20/h4-5,9-11,13-16H,2-3,6-8H2,1H3/t16-/m1/s1. The van der Waals surface area contributed by atoms with Gasteiger partial charge < -0.3 is 4.90 Å². The molecule has 1 aliphatic heterocycles. The average molecular weight is 342 g/mol. The molecule has 4 nitrogen and oxygen atoms in total. The van der Waals surface area contributed by atoms with Crippen molar-refractivity contribution in [2.24, 2.45) is 0 Å². The molecule has 1 atom stereocenters. The van der Waals surface area contributed by atoms with Crippen LogP contribution in [0.3, 0.4) is 0 Å². The first kappa shape index (κ1) is 16.7. The molecular formula is C22H22N4. The summed E-state index contributed by atoms with van der Waals surface area (Å²) in [6.07, 6.45) is 8.96. The molecule has 3 aromatic rings. The third-order valence-corrected chi connectivity index (χ3v) is 5.32. The van der Waals surface area contributed by atoms with Crippen molar-refractivity contribution in [1.82, 2.24) is 14.9 Å². The molecule has 2 aromatic heterocycles. The van der Waals surface area contributed by atoms with Crippen LogP contribution < -0.4 is 0 Å². The third kappa shape index (κ3) is 3.44. The first-order valence-electron chi connectivity index (χ1n) is 9.21. The van der Waals surface area contributed by atoms with Crippen LogP contribution in [0.2, 0.25) is 0 Å². The molecule has 130 valence electrons. The number of benzene rings is 1. The number of fused-ring (bicyclic) bond motifs is 1. The average Bonchev–Trinajstić information content (AvgIpc) is 3.10. The van der Waals surface area contributed by atoms with E-state index in [9.17, 15) is 0 Å². The van der Waals surface area contributed by atoms with Gasteiger partial charge in [0.2, 0.25) is 0 Å². The highest BCUT2D eigenvalue weighted by Gasteiger charge is 2.19. The maximum atomic E-state index is 9.05. The second-order valence-electron chi connectivity index (χ2n) is 7.09. The van der Waals surface area contributed by atoms with Gasteiger partial charge in [0.15, 0.2) is 0 Å². The lowest BCUT2D eigenvalue weighted by atomic mass is 10.0. The Balaban J connectivity index is 1.55. The topological polar surface area (TPSA) is 52.8 Å². The second kappa shape index (κ2) is 7.23.